The van der Waals surface area contributed by atoms with Gasteiger partial charge in [0.15, 0.2) is 0 Å². The first-order valence-electron chi connectivity index (χ1n) is 5.35. The highest BCUT2D eigenvalue weighted by molar-refractivity contribution is 5.43. The Balaban J connectivity index is 2.34. The maximum absolute atomic E-state index is 4.01. The maximum atomic E-state index is 4.01. The number of pyridine rings is 1. The molecule has 0 aliphatic carbocycles. The topological polar surface area (TPSA) is 28.2 Å². The molecule has 0 saturated heterocycles. The summed E-state index contributed by atoms with van der Waals surface area (Å²) in [6.45, 7) is 8.53. The van der Waals surface area contributed by atoms with E-state index in [1.165, 1.54) is 5.69 Å². The van der Waals surface area contributed by atoms with Crippen molar-refractivity contribution in [3.05, 3.63) is 24.5 Å². The van der Waals surface area contributed by atoms with Crippen molar-refractivity contribution in [2.45, 2.75) is 26.3 Å². The van der Waals surface area contributed by atoms with Crippen molar-refractivity contribution in [2.75, 3.05) is 25.0 Å². The normalized spacial score (nSPS) is 11.5. The van der Waals surface area contributed by atoms with E-state index in [1.807, 2.05) is 24.5 Å². The van der Waals surface area contributed by atoms with E-state index in [0.29, 0.717) is 0 Å². The van der Waals surface area contributed by atoms with Crippen LogP contribution in [0.1, 0.15) is 20.8 Å². The van der Waals surface area contributed by atoms with Crippen LogP contribution in [0.15, 0.2) is 24.5 Å². The molecule has 0 spiro atoms. The average Bonchev–Trinajstić information content (AvgIpc) is 2.17. The first-order chi connectivity index (χ1) is 6.99. The van der Waals surface area contributed by atoms with Gasteiger partial charge in [0, 0.05) is 43.8 Å². The third-order valence-corrected chi connectivity index (χ3v) is 2.21. The summed E-state index contributed by atoms with van der Waals surface area (Å²) in [5.74, 6) is 0. The summed E-state index contributed by atoms with van der Waals surface area (Å²) in [4.78, 5) is 6.23. The van der Waals surface area contributed by atoms with Gasteiger partial charge in [-0.15, -0.1) is 0 Å². The Morgan fingerprint density at radius 3 is 2.40 bits per heavy atom. The van der Waals surface area contributed by atoms with E-state index in [1.54, 1.807) is 0 Å². The van der Waals surface area contributed by atoms with Gasteiger partial charge in [-0.25, -0.2) is 0 Å². The third-order valence-electron chi connectivity index (χ3n) is 2.21. The van der Waals surface area contributed by atoms with Crippen LogP contribution in [0.4, 0.5) is 5.69 Å². The third kappa shape index (κ3) is 4.79. The van der Waals surface area contributed by atoms with Gasteiger partial charge in [0.25, 0.3) is 0 Å². The Morgan fingerprint density at radius 2 is 1.87 bits per heavy atom. The smallest absolute Gasteiger partial charge is 0.0394 e. The molecule has 0 radical (unpaired) electrons. The molecule has 3 nitrogen and oxygen atoms in total. The highest BCUT2D eigenvalue weighted by Gasteiger charge is 2.08. The Kier molecular flexibility index (Phi) is 4.09. The fourth-order valence-corrected chi connectivity index (χ4v) is 1.33. The molecular weight excluding hydrogens is 186 g/mol. The van der Waals surface area contributed by atoms with Gasteiger partial charge in [-0.1, -0.05) is 0 Å². The quantitative estimate of drug-likeness (QED) is 0.817. The minimum absolute atomic E-state index is 0.194. The molecule has 0 aliphatic heterocycles. The van der Waals surface area contributed by atoms with E-state index >= 15 is 0 Å². The van der Waals surface area contributed by atoms with Crippen molar-refractivity contribution in [1.82, 2.24) is 10.3 Å². The molecule has 0 atom stereocenters. The molecule has 0 saturated carbocycles. The zero-order valence-electron chi connectivity index (χ0n) is 10.1. The lowest BCUT2D eigenvalue weighted by Crippen LogP contribution is -2.40. The van der Waals surface area contributed by atoms with Gasteiger partial charge in [-0.3, -0.25) is 4.98 Å². The number of rotatable bonds is 4. The van der Waals surface area contributed by atoms with Gasteiger partial charge in [0.05, 0.1) is 0 Å². The Labute approximate surface area is 92.5 Å². The van der Waals surface area contributed by atoms with Crippen LogP contribution in [0.5, 0.6) is 0 Å². The second-order valence-corrected chi connectivity index (χ2v) is 4.80. The molecule has 1 heterocycles. The maximum Gasteiger partial charge on any atom is 0.0394 e. The van der Waals surface area contributed by atoms with Crippen LogP contribution in [0.25, 0.3) is 0 Å². The summed E-state index contributed by atoms with van der Waals surface area (Å²) in [6, 6.07) is 4.05. The van der Waals surface area contributed by atoms with Crippen molar-refractivity contribution in [3.8, 4) is 0 Å². The van der Waals surface area contributed by atoms with Crippen LogP contribution in [0, 0.1) is 0 Å². The fourth-order valence-electron chi connectivity index (χ4n) is 1.33. The molecule has 0 aromatic carbocycles. The Hall–Kier alpha value is -1.09. The monoisotopic (exact) mass is 207 g/mol. The van der Waals surface area contributed by atoms with Crippen LogP contribution in [0.2, 0.25) is 0 Å². The first-order valence-corrected chi connectivity index (χ1v) is 5.35. The molecule has 1 aromatic heterocycles. The summed E-state index contributed by atoms with van der Waals surface area (Å²) in [6.07, 6.45) is 3.64. The van der Waals surface area contributed by atoms with E-state index in [-0.39, 0.29) is 5.54 Å². The van der Waals surface area contributed by atoms with Crippen molar-refractivity contribution in [1.29, 1.82) is 0 Å². The second kappa shape index (κ2) is 5.12. The molecule has 1 rings (SSSR count). The number of hydrogen-bond donors (Lipinski definition) is 1. The summed E-state index contributed by atoms with van der Waals surface area (Å²) < 4.78 is 0. The SMILES string of the molecule is CN(CCNC(C)(C)C)c1ccncc1. The zero-order valence-corrected chi connectivity index (χ0v) is 10.1. The lowest BCUT2D eigenvalue weighted by atomic mass is 10.1. The number of nitrogens with one attached hydrogen (secondary N) is 1. The van der Waals surface area contributed by atoms with Gasteiger partial charge in [0.1, 0.15) is 0 Å². The van der Waals surface area contributed by atoms with Crippen LogP contribution < -0.4 is 10.2 Å². The summed E-state index contributed by atoms with van der Waals surface area (Å²) >= 11 is 0. The second-order valence-electron chi connectivity index (χ2n) is 4.80. The highest BCUT2D eigenvalue weighted by atomic mass is 15.1. The Morgan fingerprint density at radius 1 is 1.27 bits per heavy atom. The minimum atomic E-state index is 0.194. The van der Waals surface area contributed by atoms with E-state index < -0.39 is 0 Å². The molecule has 0 aliphatic rings. The molecule has 84 valence electrons. The van der Waals surface area contributed by atoms with E-state index in [0.717, 1.165) is 13.1 Å². The first kappa shape index (κ1) is 12.0. The van der Waals surface area contributed by atoms with Crippen LogP contribution >= 0.6 is 0 Å². The van der Waals surface area contributed by atoms with E-state index in [4.69, 9.17) is 0 Å². The molecule has 1 N–H and O–H groups in total. The largest absolute Gasteiger partial charge is 0.373 e. The van der Waals surface area contributed by atoms with Crippen LogP contribution in [-0.4, -0.2) is 30.7 Å². The molecule has 0 fully saturated rings. The molecule has 0 bridgehead atoms. The predicted molar refractivity (Wildman–Crippen MR) is 65.3 cm³/mol. The van der Waals surface area contributed by atoms with Gasteiger partial charge in [0.2, 0.25) is 0 Å². The van der Waals surface area contributed by atoms with Gasteiger partial charge < -0.3 is 10.2 Å². The molecule has 0 unspecified atom stereocenters. The van der Waals surface area contributed by atoms with Gasteiger partial charge in [-0.2, -0.15) is 0 Å². The van der Waals surface area contributed by atoms with E-state index in [9.17, 15) is 0 Å². The molecule has 1 aromatic rings. The summed E-state index contributed by atoms with van der Waals surface area (Å²) in [5.41, 5.74) is 1.40. The van der Waals surface area contributed by atoms with Crippen molar-refractivity contribution in [2.24, 2.45) is 0 Å². The molecule has 3 heteroatoms. The minimum Gasteiger partial charge on any atom is -0.373 e. The Bertz CT molecular complexity index is 277. The lowest BCUT2D eigenvalue weighted by molar-refractivity contribution is 0.431. The standard InChI is InChI=1S/C12H21N3/c1-12(2,3)14-9-10-15(4)11-5-7-13-8-6-11/h5-8,14H,9-10H2,1-4H3. The van der Waals surface area contributed by atoms with Gasteiger partial charge >= 0.3 is 0 Å². The molecule has 15 heavy (non-hydrogen) atoms. The van der Waals surface area contributed by atoms with Crippen LogP contribution in [0.3, 0.4) is 0 Å². The summed E-state index contributed by atoms with van der Waals surface area (Å²) in [7, 11) is 2.10. The van der Waals surface area contributed by atoms with E-state index in [2.05, 4.69) is 43.0 Å². The number of likely N-dealkylation sites (N-methyl/N-ethyl adjacent to an activating group) is 1. The predicted octanol–water partition coefficient (Wildman–Crippen LogP) is 1.91. The van der Waals surface area contributed by atoms with Crippen LogP contribution in [-0.2, 0) is 0 Å². The molecule has 0 amide bonds. The number of nitrogens with zero attached hydrogens (tertiary/aromatic N) is 2. The number of anilines is 1. The lowest BCUT2D eigenvalue weighted by Gasteiger charge is -2.24. The van der Waals surface area contributed by atoms with Crippen molar-refractivity contribution in [3.63, 3.8) is 0 Å². The number of aromatic nitrogens is 1. The van der Waals surface area contributed by atoms with Crippen molar-refractivity contribution < 1.29 is 0 Å². The average molecular weight is 207 g/mol. The summed E-state index contributed by atoms with van der Waals surface area (Å²) in [5, 5.41) is 3.47. The number of hydrogen-bond acceptors (Lipinski definition) is 3. The highest BCUT2D eigenvalue weighted by Crippen LogP contribution is 2.08. The molecular formula is C12H21N3. The zero-order chi connectivity index (χ0) is 11.3. The fraction of sp³-hybridized carbons (Fsp3) is 0.583. The van der Waals surface area contributed by atoms with Gasteiger partial charge in [-0.05, 0) is 32.9 Å². The van der Waals surface area contributed by atoms with Crippen molar-refractivity contribution >= 4 is 5.69 Å².